The zero-order chi connectivity index (χ0) is 18.3. The van der Waals surface area contributed by atoms with Crippen LogP contribution < -0.4 is 10.6 Å². The van der Waals surface area contributed by atoms with Crippen molar-refractivity contribution in [2.24, 2.45) is 11.1 Å². The molecule has 0 aromatic heterocycles. The maximum absolute atomic E-state index is 12.8. The molecule has 1 atom stereocenters. The third-order valence-corrected chi connectivity index (χ3v) is 6.32. The van der Waals surface area contributed by atoms with Gasteiger partial charge in [-0.2, -0.15) is 0 Å². The van der Waals surface area contributed by atoms with Crippen LogP contribution >= 0.6 is 12.4 Å². The summed E-state index contributed by atoms with van der Waals surface area (Å²) in [7, 11) is -2.01. The van der Waals surface area contributed by atoms with Gasteiger partial charge in [0.2, 0.25) is 15.9 Å². The molecule has 1 aromatic carbocycles. The van der Waals surface area contributed by atoms with Crippen LogP contribution in [0, 0.1) is 5.41 Å². The first-order valence-electron chi connectivity index (χ1n) is 8.09. The van der Waals surface area contributed by atoms with Crippen molar-refractivity contribution >= 4 is 34.0 Å². The van der Waals surface area contributed by atoms with E-state index in [1.807, 2.05) is 20.8 Å². The maximum atomic E-state index is 12.8. The molecule has 6 nitrogen and oxygen atoms in total. The quantitative estimate of drug-likeness (QED) is 0.834. The molecular weight excluding hydrogens is 362 g/mol. The molecule has 0 spiro atoms. The minimum atomic E-state index is -3.58. The van der Waals surface area contributed by atoms with Crippen LogP contribution in [-0.4, -0.2) is 44.8 Å². The fourth-order valence-electron chi connectivity index (χ4n) is 3.18. The summed E-state index contributed by atoms with van der Waals surface area (Å²) >= 11 is 0. The van der Waals surface area contributed by atoms with Gasteiger partial charge < -0.3 is 10.6 Å². The Morgan fingerprint density at radius 1 is 1.40 bits per heavy atom. The first-order chi connectivity index (χ1) is 11.0. The molecule has 1 aromatic rings. The van der Waals surface area contributed by atoms with Crippen molar-refractivity contribution < 1.29 is 13.2 Å². The van der Waals surface area contributed by atoms with E-state index in [0.29, 0.717) is 19.5 Å². The summed E-state index contributed by atoms with van der Waals surface area (Å²) in [5.74, 6) is -0.0290. The fraction of sp³-hybridized carbons (Fsp3) is 0.588. The number of hydrogen-bond donors (Lipinski definition) is 1. The molecule has 2 N–H and O–H groups in total. The molecule has 0 saturated heterocycles. The average Bonchev–Trinajstić information content (AvgIpc) is 2.81. The van der Waals surface area contributed by atoms with Crippen molar-refractivity contribution in [1.29, 1.82) is 0 Å². The van der Waals surface area contributed by atoms with Crippen molar-refractivity contribution in [3.05, 3.63) is 23.8 Å². The largest absolute Gasteiger partial charge is 0.330 e. The highest BCUT2D eigenvalue weighted by Gasteiger charge is 2.32. The van der Waals surface area contributed by atoms with Crippen LogP contribution in [0.1, 0.15) is 33.3 Å². The van der Waals surface area contributed by atoms with Crippen LogP contribution in [0.4, 0.5) is 5.69 Å². The van der Waals surface area contributed by atoms with Crippen LogP contribution in [0.15, 0.2) is 23.1 Å². The standard InChI is InChI=1S/C17H27N3O3S.ClH/c1-12-8-14-9-15(6-7-16(14)20(12)13(2)21)24(22,23)19(5)11-17(3,4)10-18;/h6-7,9,12H,8,10-11,18H2,1-5H3;1H. The fourth-order valence-corrected chi connectivity index (χ4v) is 4.59. The summed E-state index contributed by atoms with van der Waals surface area (Å²) < 4.78 is 27.0. The van der Waals surface area contributed by atoms with Gasteiger partial charge >= 0.3 is 0 Å². The number of anilines is 1. The smallest absolute Gasteiger partial charge is 0.242 e. The Morgan fingerprint density at radius 2 is 2.00 bits per heavy atom. The van der Waals surface area contributed by atoms with Gasteiger partial charge in [0.25, 0.3) is 0 Å². The van der Waals surface area contributed by atoms with Crippen LogP contribution in [-0.2, 0) is 21.2 Å². The minimum absolute atomic E-state index is 0. The van der Waals surface area contributed by atoms with Gasteiger partial charge in [0.15, 0.2) is 0 Å². The van der Waals surface area contributed by atoms with Crippen LogP contribution in [0.2, 0.25) is 0 Å². The highest BCUT2D eigenvalue weighted by molar-refractivity contribution is 7.89. The van der Waals surface area contributed by atoms with E-state index in [1.54, 1.807) is 30.1 Å². The first-order valence-corrected chi connectivity index (χ1v) is 9.53. The molecule has 0 aliphatic carbocycles. The molecule has 1 aliphatic heterocycles. The van der Waals surface area contributed by atoms with Crippen molar-refractivity contribution in [1.82, 2.24) is 4.31 Å². The third kappa shape index (κ3) is 4.34. The van der Waals surface area contributed by atoms with Crippen molar-refractivity contribution in [3.8, 4) is 0 Å². The first kappa shape index (κ1) is 21.9. The lowest BCUT2D eigenvalue weighted by atomic mass is 9.94. The number of carbonyl (C=O) groups is 1. The van der Waals surface area contributed by atoms with E-state index >= 15 is 0 Å². The number of fused-ring (bicyclic) bond motifs is 1. The monoisotopic (exact) mass is 389 g/mol. The van der Waals surface area contributed by atoms with E-state index in [1.165, 1.54) is 11.2 Å². The van der Waals surface area contributed by atoms with Crippen LogP contribution in [0.3, 0.4) is 0 Å². The third-order valence-electron chi connectivity index (χ3n) is 4.52. The van der Waals surface area contributed by atoms with Gasteiger partial charge in [-0.3, -0.25) is 4.79 Å². The van der Waals surface area contributed by atoms with Crippen LogP contribution in [0.25, 0.3) is 0 Å². The molecule has 25 heavy (non-hydrogen) atoms. The van der Waals surface area contributed by atoms with Crippen LogP contribution in [0.5, 0.6) is 0 Å². The van der Waals surface area contributed by atoms with E-state index in [9.17, 15) is 13.2 Å². The molecule has 142 valence electrons. The zero-order valence-corrected chi connectivity index (χ0v) is 17.1. The Labute approximate surface area is 156 Å². The molecule has 1 amide bonds. The molecule has 0 saturated carbocycles. The van der Waals surface area contributed by atoms with Gasteiger partial charge in [0, 0.05) is 32.2 Å². The van der Waals surface area contributed by atoms with E-state index in [-0.39, 0.29) is 34.7 Å². The number of benzene rings is 1. The maximum Gasteiger partial charge on any atom is 0.242 e. The van der Waals surface area contributed by atoms with Crippen molar-refractivity contribution in [3.63, 3.8) is 0 Å². The topological polar surface area (TPSA) is 83.7 Å². The summed E-state index contributed by atoms with van der Waals surface area (Å²) in [6, 6.07) is 5.04. The Kier molecular flexibility index (Phi) is 6.67. The number of rotatable bonds is 5. The Balaban J connectivity index is 0.00000312. The second-order valence-corrected chi connectivity index (χ2v) is 9.41. The summed E-state index contributed by atoms with van der Waals surface area (Å²) in [6.45, 7) is 8.12. The van der Waals surface area contributed by atoms with Crippen molar-refractivity contribution in [2.75, 3.05) is 25.0 Å². The van der Waals surface area contributed by atoms with E-state index < -0.39 is 10.0 Å². The van der Waals surface area contributed by atoms with Gasteiger partial charge in [0.05, 0.1) is 4.90 Å². The number of nitrogens with two attached hydrogens (primary N) is 1. The lowest BCUT2D eigenvalue weighted by Crippen LogP contribution is -2.39. The molecule has 0 radical (unpaired) electrons. The summed E-state index contributed by atoms with van der Waals surface area (Å²) in [5, 5.41) is 0. The number of carbonyl (C=O) groups excluding carboxylic acids is 1. The molecule has 2 rings (SSSR count). The lowest BCUT2D eigenvalue weighted by Gasteiger charge is -2.28. The average molecular weight is 390 g/mol. The molecule has 8 heteroatoms. The zero-order valence-electron chi connectivity index (χ0n) is 15.4. The number of nitrogens with zero attached hydrogens (tertiary/aromatic N) is 2. The molecule has 0 bridgehead atoms. The minimum Gasteiger partial charge on any atom is -0.330 e. The van der Waals surface area contributed by atoms with Crippen molar-refractivity contribution in [2.45, 2.75) is 45.1 Å². The van der Waals surface area contributed by atoms with E-state index in [4.69, 9.17) is 5.73 Å². The summed E-state index contributed by atoms with van der Waals surface area (Å²) in [4.78, 5) is 13.8. The molecule has 1 unspecified atom stereocenters. The predicted octanol–water partition coefficient (Wildman–Crippen LogP) is 2.01. The number of hydrogen-bond acceptors (Lipinski definition) is 4. The molecule has 0 fully saturated rings. The Morgan fingerprint density at radius 3 is 2.52 bits per heavy atom. The van der Waals surface area contributed by atoms with E-state index in [0.717, 1.165) is 11.3 Å². The molecular formula is C17H28ClN3O3S. The molecule has 1 heterocycles. The van der Waals surface area contributed by atoms with Gasteiger partial charge in [0.1, 0.15) is 0 Å². The highest BCUT2D eigenvalue weighted by atomic mass is 35.5. The van der Waals surface area contributed by atoms with Gasteiger partial charge in [-0.25, -0.2) is 12.7 Å². The lowest BCUT2D eigenvalue weighted by molar-refractivity contribution is -0.116. The summed E-state index contributed by atoms with van der Waals surface area (Å²) in [6.07, 6.45) is 0.663. The number of amides is 1. The Bertz CT molecular complexity index is 750. The number of halogens is 1. The normalized spacial score (nSPS) is 17.4. The SMILES string of the molecule is CC(=O)N1c2ccc(S(=O)(=O)N(C)CC(C)(C)CN)cc2CC1C.Cl. The van der Waals surface area contributed by atoms with E-state index in [2.05, 4.69) is 0 Å². The predicted molar refractivity (Wildman–Crippen MR) is 103 cm³/mol. The second-order valence-electron chi connectivity index (χ2n) is 7.36. The van der Waals surface area contributed by atoms with Gasteiger partial charge in [-0.05, 0) is 49.1 Å². The molecule has 1 aliphatic rings. The highest BCUT2D eigenvalue weighted by Crippen LogP contribution is 2.34. The second kappa shape index (κ2) is 7.61. The number of sulfonamides is 1. The van der Waals surface area contributed by atoms with Gasteiger partial charge in [-0.1, -0.05) is 13.8 Å². The Hall–Kier alpha value is -1.15. The van der Waals surface area contributed by atoms with Gasteiger partial charge in [-0.15, -0.1) is 12.4 Å². The summed E-state index contributed by atoms with van der Waals surface area (Å²) in [5.41, 5.74) is 7.12.